The van der Waals surface area contributed by atoms with E-state index in [0.29, 0.717) is 16.7 Å². The van der Waals surface area contributed by atoms with E-state index in [2.05, 4.69) is 0 Å². The highest BCUT2D eigenvalue weighted by Gasteiger charge is 2.72. The van der Waals surface area contributed by atoms with Gasteiger partial charge in [-0.05, 0) is 81.1 Å². The van der Waals surface area contributed by atoms with E-state index >= 15 is 0 Å². The third-order valence-electron chi connectivity index (χ3n) is 12.4. The Morgan fingerprint density at radius 2 is 1.74 bits per heavy atom. The Morgan fingerprint density at radius 1 is 1.10 bits per heavy atom. The molecule has 4 aliphatic rings. The third-order valence-corrected chi connectivity index (χ3v) is 12.4. The average molecular weight is 705 g/mol. The predicted octanol–water partition coefficient (Wildman–Crippen LogP) is 1.16. The maximum Gasteiger partial charge on any atom is 0.303 e. The number of allylic oxidation sites excluding steroid dienone is 1. The van der Waals surface area contributed by atoms with Crippen LogP contribution in [-0.4, -0.2) is 113 Å². The molecule has 2 saturated carbocycles. The fraction of sp³-hybridized carbons (Fsp3) is 0.676. The summed E-state index contributed by atoms with van der Waals surface area (Å²) in [5, 5.41) is 86.8. The van der Waals surface area contributed by atoms with Crippen molar-refractivity contribution in [2.24, 2.45) is 22.7 Å². The number of rotatable bonds is 8. The van der Waals surface area contributed by atoms with Crippen molar-refractivity contribution in [2.45, 2.75) is 128 Å². The molecule has 3 aliphatic carbocycles. The van der Waals surface area contributed by atoms with Crippen molar-refractivity contribution in [2.75, 3.05) is 6.61 Å². The number of ketones is 1. The second kappa shape index (κ2) is 12.7. The Bertz CT molecular complexity index is 1580. The van der Waals surface area contributed by atoms with Gasteiger partial charge in [0.1, 0.15) is 41.9 Å². The Morgan fingerprint density at radius 3 is 2.34 bits per heavy atom. The molecule has 8 N–H and O–H groups in total. The number of fused-ring (bicyclic) bond motifs is 5. The van der Waals surface area contributed by atoms with Gasteiger partial charge in [-0.1, -0.05) is 32.1 Å². The molecular formula is C37H52O13. The molecule has 0 bridgehead atoms. The van der Waals surface area contributed by atoms with Crippen molar-refractivity contribution in [1.29, 1.82) is 0 Å². The zero-order chi connectivity index (χ0) is 37.5. The van der Waals surface area contributed by atoms with Crippen LogP contribution in [0.3, 0.4) is 0 Å². The molecule has 1 aliphatic heterocycles. The standard InChI is InChI=1S/C37H52O13/c1-17-19-9-10-24-34(5)14-22(41)31(37(8,47)25(42)11-12-33(3,4)50-18(2)39)35(34,6)15-26(43)36(24,7)20(19)13-21(40)30(17)49-32-29(46)28(45)27(44)23(16-38)48-32/h9-13,22-25,27-29,31-32,38,40-42,44-47H,14-16H2,1-8H3. The first-order valence-corrected chi connectivity index (χ1v) is 17.0. The summed E-state index contributed by atoms with van der Waals surface area (Å²) < 4.78 is 16.6. The average Bonchev–Trinajstić information content (AvgIpc) is 3.22. The fourth-order valence-electron chi connectivity index (χ4n) is 9.61. The van der Waals surface area contributed by atoms with Crippen LogP contribution < -0.4 is 4.74 Å². The summed E-state index contributed by atoms with van der Waals surface area (Å²) in [6.07, 6.45) is -3.63. The van der Waals surface area contributed by atoms with Crippen LogP contribution in [0.15, 0.2) is 24.3 Å². The number of hydrogen-bond acceptors (Lipinski definition) is 13. The minimum Gasteiger partial charge on any atom is -0.504 e. The van der Waals surface area contributed by atoms with E-state index in [9.17, 15) is 50.4 Å². The zero-order valence-corrected chi connectivity index (χ0v) is 29.8. The maximum absolute atomic E-state index is 14.6. The van der Waals surface area contributed by atoms with Crippen molar-refractivity contribution in [3.8, 4) is 11.5 Å². The monoisotopic (exact) mass is 704 g/mol. The maximum atomic E-state index is 14.6. The van der Waals surface area contributed by atoms with Crippen molar-refractivity contribution in [3.63, 3.8) is 0 Å². The van der Waals surface area contributed by atoms with Gasteiger partial charge in [-0.3, -0.25) is 9.59 Å². The Labute approximate surface area is 291 Å². The number of ether oxygens (including phenoxy) is 3. The summed E-state index contributed by atoms with van der Waals surface area (Å²) in [5.74, 6) is -2.59. The van der Waals surface area contributed by atoms with Gasteiger partial charge in [0, 0.05) is 24.8 Å². The van der Waals surface area contributed by atoms with Crippen molar-refractivity contribution in [1.82, 2.24) is 0 Å². The number of carbonyl (C=O) groups excluding carboxylic acids is 2. The lowest BCUT2D eigenvalue weighted by molar-refractivity contribution is -0.277. The molecule has 13 heteroatoms. The Hall–Kier alpha value is -2.88. The first-order chi connectivity index (χ1) is 23.0. The summed E-state index contributed by atoms with van der Waals surface area (Å²) >= 11 is 0. The second-order valence-corrected chi connectivity index (χ2v) is 16.1. The highest BCUT2D eigenvalue weighted by molar-refractivity contribution is 5.95. The molecular weight excluding hydrogens is 652 g/mol. The summed E-state index contributed by atoms with van der Waals surface area (Å²) in [7, 11) is 0. The highest BCUT2D eigenvalue weighted by atomic mass is 16.7. The van der Waals surface area contributed by atoms with Gasteiger partial charge >= 0.3 is 5.97 Å². The molecule has 0 aromatic heterocycles. The molecule has 1 aromatic rings. The molecule has 1 aromatic carbocycles. The molecule has 1 heterocycles. The quantitative estimate of drug-likeness (QED) is 0.141. The fourth-order valence-corrected chi connectivity index (χ4v) is 9.61. The van der Waals surface area contributed by atoms with Crippen LogP contribution in [0, 0.1) is 29.6 Å². The van der Waals surface area contributed by atoms with Crippen LogP contribution in [0.1, 0.15) is 78.0 Å². The first kappa shape index (κ1) is 38.4. The first-order valence-electron chi connectivity index (χ1n) is 17.0. The molecule has 0 radical (unpaired) electrons. The molecule has 13 atom stereocenters. The van der Waals surface area contributed by atoms with Crippen LogP contribution in [-0.2, 0) is 24.5 Å². The van der Waals surface area contributed by atoms with Gasteiger partial charge in [0.05, 0.1) is 23.7 Å². The third kappa shape index (κ3) is 5.70. The summed E-state index contributed by atoms with van der Waals surface area (Å²) in [4.78, 5) is 26.1. The SMILES string of the molecule is CC(=O)OC(C)(C)C=CC(O)C(C)(O)C1C(O)CC2(C)C3C=Cc4c(cc(O)c(OC5OC(CO)C(O)C(O)C5O)c4C)C3(C)C(=O)CC12C. The van der Waals surface area contributed by atoms with Crippen molar-refractivity contribution in [3.05, 3.63) is 41.0 Å². The van der Waals surface area contributed by atoms with E-state index in [4.69, 9.17) is 14.2 Å². The van der Waals surface area contributed by atoms with E-state index in [-0.39, 0.29) is 30.1 Å². The molecule has 13 unspecified atom stereocenters. The van der Waals surface area contributed by atoms with Crippen LogP contribution in [0.25, 0.3) is 6.08 Å². The van der Waals surface area contributed by atoms with Gasteiger partial charge in [-0.15, -0.1) is 0 Å². The van der Waals surface area contributed by atoms with E-state index in [1.165, 1.54) is 32.1 Å². The number of benzene rings is 1. The molecule has 0 spiro atoms. The highest BCUT2D eigenvalue weighted by Crippen LogP contribution is 2.71. The molecule has 278 valence electrons. The van der Waals surface area contributed by atoms with Gasteiger partial charge < -0.3 is 55.1 Å². The second-order valence-electron chi connectivity index (χ2n) is 16.1. The zero-order valence-electron chi connectivity index (χ0n) is 29.8. The van der Waals surface area contributed by atoms with Gasteiger partial charge in [0.2, 0.25) is 6.29 Å². The summed E-state index contributed by atoms with van der Waals surface area (Å²) in [6, 6.07) is 1.43. The predicted molar refractivity (Wildman–Crippen MR) is 179 cm³/mol. The molecule has 13 nitrogen and oxygen atoms in total. The van der Waals surface area contributed by atoms with Crippen LogP contribution in [0.2, 0.25) is 0 Å². The van der Waals surface area contributed by atoms with E-state index in [1.807, 2.05) is 26.0 Å². The number of carbonyl (C=O) groups is 2. The van der Waals surface area contributed by atoms with E-state index in [1.54, 1.807) is 27.7 Å². The number of aromatic hydroxyl groups is 1. The van der Waals surface area contributed by atoms with Crippen LogP contribution in [0.5, 0.6) is 11.5 Å². The number of phenols is 1. The number of Topliss-reactive ketones (excluding diaryl/α,β-unsaturated/α-hetero) is 1. The van der Waals surface area contributed by atoms with Gasteiger partial charge in [0.25, 0.3) is 0 Å². The minimum absolute atomic E-state index is 0.0556. The largest absolute Gasteiger partial charge is 0.504 e. The van der Waals surface area contributed by atoms with Gasteiger partial charge in [-0.2, -0.15) is 0 Å². The number of hydrogen-bond donors (Lipinski definition) is 8. The topological polar surface area (TPSA) is 224 Å². The normalized spacial score (nSPS) is 40.1. The molecule has 0 amide bonds. The summed E-state index contributed by atoms with van der Waals surface area (Å²) in [6.45, 7) is 12.6. The van der Waals surface area contributed by atoms with Crippen molar-refractivity contribution >= 4 is 17.8 Å². The van der Waals surface area contributed by atoms with E-state index < -0.39 is 94.8 Å². The number of aliphatic hydroxyl groups is 7. The summed E-state index contributed by atoms with van der Waals surface area (Å²) in [5.41, 5.74) is -4.41. The lowest BCUT2D eigenvalue weighted by atomic mass is 9.42. The number of esters is 1. The Balaban J connectivity index is 1.50. The number of phenolic OH excluding ortho intramolecular Hbond substituents is 1. The van der Waals surface area contributed by atoms with Gasteiger partial charge in [0.15, 0.2) is 11.5 Å². The lowest BCUT2D eigenvalue weighted by Crippen LogP contribution is -2.63. The number of aliphatic hydroxyl groups excluding tert-OH is 6. The smallest absolute Gasteiger partial charge is 0.303 e. The Kier molecular flexibility index (Phi) is 9.71. The van der Waals surface area contributed by atoms with Gasteiger partial charge in [-0.25, -0.2) is 0 Å². The molecule has 5 rings (SSSR count). The lowest BCUT2D eigenvalue weighted by Gasteiger charge is -2.60. The van der Waals surface area contributed by atoms with Crippen molar-refractivity contribution < 1.29 is 64.7 Å². The molecule has 3 fully saturated rings. The van der Waals surface area contributed by atoms with E-state index in [0.717, 1.165) is 0 Å². The molecule has 1 saturated heterocycles. The minimum atomic E-state index is -1.90. The molecule has 50 heavy (non-hydrogen) atoms. The van der Waals surface area contributed by atoms with Crippen LogP contribution >= 0.6 is 0 Å². The van der Waals surface area contributed by atoms with Crippen LogP contribution in [0.4, 0.5) is 0 Å².